The summed E-state index contributed by atoms with van der Waals surface area (Å²) in [6, 6.07) is 1.76. The number of rotatable bonds is 10. The minimum atomic E-state index is -1.09. The Bertz CT molecular complexity index is 1620. The van der Waals surface area contributed by atoms with Gasteiger partial charge < -0.3 is 36.5 Å². The number of amides is 6. The van der Waals surface area contributed by atoms with Gasteiger partial charge in [-0.25, -0.2) is 0 Å². The zero-order valence-corrected chi connectivity index (χ0v) is 32.7. The number of benzene rings is 1. The van der Waals surface area contributed by atoms with E-state index < -0.39 is 65.8 Å². The van der Waals surface area contributed by atoms with Crippen LogP contribution in [0.15, 0.2) is 30.5 Å². The Morgan fingerprint density at radius 1 is 0.660 bits per heavy atom. The van der Waals surface area contributed by atoms with E-state index in [1.54, 1.807) is 6.20 Å². The quantitative estimate of drug-likeness (QED) is 0.218. The van der Waals surface area contributed by atoms with Crippen LogP contribution in [0.5, 0.6) is 0 Å². The molecule has 0 unspecified atom stereocenters. The number of aromatic amines is 1. The van der Waals surface area contributed by atoms with Gasteiger partial charge in [-0.3, -0.25) is 28.8 Å². The van der Waals surface area contributed by atoms with Crippen molar-refractivity contribution in [3.63, 3.8) is 0 Å². The normalized spacial score (nSPS) is 27.2. The summed E-state index contributed by atoms with van der Waals surface area (Å²) in [5, 5.41) is 15.6. The van der Waals surface area contributed by atoms with Crippen LogP contribution in [0.1, 0.15) is 99.5 Å². The molecule has 13 heteroatoms. The predicted octanol–water partition coefficient (Wildman–Crippen LogP) is 3.32. The third kappa shape index (κ3) is 9.97. The second-order valence-corrected chi connectivity index (χ2v) is 15.6. The largest absolute Gasteiger partial charge is 0.361 e. The van der Waals surface area contributed by atoms with Gasteiger partial charge in [0.1, 0.15) is 36.3 Å². The lowest BCUT2D eigenvalue weighted by molar-refractivity contribution is -0.144. The van der Waals surface area contributed by atoms with Crippen LogP contribution in [0.4, 0.5) is 0 Å². The number of nitrogens with zero attached hydrogens (tertiary/aromatic N) is 1. The molecule has 4 rings (SSSR count). The topological polar surface area (TPSA) is 182 Å². The number of para-hydroxylation sites is 1. The maximum Gasteiger partial charge on any atom is 0.246 e. The van der Waals surface area contributed by atoms with E-state index >= 15 is 0 Å². The van der Waals surface area contributed by atoms with E-state index in [9.17, 15) is 28.8 Å². The van der Waals surface area contributed by atoms with E-state index in [2.05, 4.69) is 31.6 Å². The Morgan fingerprint density at radius 3 is 1.79 bits per heavy atom. The minimum absolute atomic E-state index is 0.00741. The van der Waals surface area contributed by atoms with Crippen LogP contribution in [-0.2, 0) is 35.2 Å². The Morgan fingerprint density at radius 2 is 1.19 bits per heavy atom. The van der Waals surface area contributed by atoms with E-state index in [1.165, 1.54) is 4.90 Å². The molecule has 13 nitrogen and oxygen atoms in total. The summed E-state index contributed by atoms with van der Waals surface area (Å²) in [4.78, 5) is 89.8. The van der Waals surface area contributed by atoms with Gasteiger partial charge in [-0.2, -0.15) is 0 Å². The van der Waals surface area contributed by atoms with Gasteiger partial charge in [0.25, 0.3) is 0 Å². The van der Waals surface area contributed by atoms with Crippen molar-refractivity contribution in [2.45, 2.75) is 137 Å². The molecule has 0 radical (unpaired) electrons. The van der Waals surface area contributed by atoms with Gasteiger partial charge in [0.05, 0.1) is 0 Å². The fraction of sp³-hybridized carbons (Fsp3) is 0.650. The van der Waals surface area contributed by atoms with Crippen molar-refractivity contribution in [3.8, 4) is 0 Å². The first-order chi connectivity index (χ1) is 25.2. The molecular weight excluding hydrogens is 674 g/mol. The molecule has 292 valence electrons. The number of carbonyl (C=O) groups is 6. The standard InChI is InChI=1S/C40H61N7O6/c1-9-23(6)32-38(51)43-29(19-22(4)5)35(48)45-33(24(7)10-2)39(52)46-34(25(8)11-3)40(53)47-18-14-17-31(47)37(50)42-30(36(49)44-32)20-26-21-41-28-16-13-12-15-27(26)28/h12-13,15-16,21-25,29-34,41H,9-11,14,17-20H2,1-8H3,(H,42,50)(H,43,51)(H,44,49)(H,45,48)(H,46,52)/t23-,24-,25-,29+,30-,31+,32-,33-,34-/m0/s1. The van der Waals surface area contributed by atoms with Crippen molar-refractivity contribution in [1.29, 1.82) is 0 Å². The molecule has 6 amide bonds. The molecule has 2 fully saturated rings. The molecule has 0 spiro atoms. The summed E-state index contributed by atoms with van der Waals surface area (Å²) in [5.41, 5.74) is 1.68. The lowest BCUT2D eigenvalue weighted by Gasteiger charge is -2.34. The predicted molar refractivity (Wildman–Crippen MR) is 204 cm³/mol. The van der Waals surface area contributed by atoms with E-state index in [0.29, 0.717) is 38.6 Å². The first-order valence-electron chi connectivity index (χ1n) is 19.6. The SMILES string of the molecule is CC[C@H](C)[C@@H]1NC(=O)[C@H](Cc2c[nH]c3ccccc23)NC(=O)[C@H]2CCCN2C(=O)[C@H]([C@@H](C)CC)NC(=O)[C@H]([C@@H](C)CC)NC(=O)[C@@H](CC(C)C)NC1=O. The van der Waals surface area contributed by atoms with Crippen LogP contribution in [0.25, 0.3) is 10.9 Å². The highest BCUT2D eigenvalue weighted by Gasteiger charge is 2.42. The Kier molecular flexibility index (Phi) is 14.5. The molecule has 53 heavy (non-hydrogen) atoms. The molecule has 2 aromatic rings. The van der Waals surface area contributed by atoms with E-state index in [1.807, 2.05) is 79.7 Å². The minimum Gasteiger partial charge on any atom is -0.361 e. The summed E-state index contributed by atoms with van der Waals surface area (Å²) in [6.07, 6.45) is 4.87. The molecular formula is C40H61N7O6. The van der Waals surface area contributed by atoms with Crippen molar-refractivity contribution in [2.75, 3.05) is 6.54 Å². The molecule has 2 aliphatic rings. The average Bonchev–Trinajstić information content (AvgIpc) is 3.80. The van der Waals surface area contributed by atoms with Crippen LogP contribution in [0.2, 0.25) is 0 Å². The monoisotopic (exact) mass is 735 g/mol. The van der Waals surface area contributed by atoms with Crippen molar-refractivity contribution in [2.24, 2.45) is 23.7 Å². The number of aromatic nitrogens is 1. The highest BCUT2D eigenvalue weighted by atomic mass is 16.2. The molecule has 0 aliphatic carbocycles. The van der Waals surface area contributed by atoms with E-state index in [-0.39, 0.29) is 42.4 Å². The summed E-state index contributed by atoms with van der Waals surface area (Å²) >= 11 is 0. The smallest absolute Gasteiger partial charge is 0.246 e. The first-order valence-corrected chi connectivity index (χ1v) is 19.6. The third-order valence-corrected chi connectivity index (χ3v) is 11.3. The first kappa shape index (κ1) is 41.3. The van der Waals surface area contributed by atoms with Gasteiger partial charge in [0.2, 0.25) is 35.4 Å². The molecule has 2 saturated heterocycles. The van der Waals surface area contributed by atoms with Crippen LogP contribution in [0.3, 0.4) is 0 Å². The highest BCUT2D eigenvalue weighted by Crippen LogP contribution is 2.24. The molecule has 9 atom stereocenters. The fourth-order valence-electron chi connectivity index (χ4n) is 7.28. The fourth-order valence-corrected chi connectivity index (χ4v) is 7.28. The van der Waals surface area contributed by atoms with Crippen molar-refractivity contribution < 1.29 is 28.8 Å². The number of hydrogen-bond acceptors (Lipinski definition) is 6. The van der Waals surface area contributed by atoms with Crippen molar-refractivity contribution >= 4 is 46.3 Å². The van der Waals surface area contributed by atoms with Crippen LogP contribution in [0, 0.1) is 23.7 Å². The lowest BCUT2D eigenvalue weighted by atomic mass is 9.93. The number of carbonyl (C=O) groups excluding carboxylic acids is 6. The van der Waals surface area contributed by atoms with Gasteiger partial charge in [-0.05, 0) is 54.6 Å². The van der Waals surface area contributed by atoms with Crippen LogP contribution >= 0.6 is 0 Å². The molecule has 3 heterocycles. The molecule has 0 saturated carbocycles. The Labute approximate surface area is 313 Å². The van der Waals surface area contributed by atoms with Crippen molar-refractivity contribution in [1.82, 2.24) is 36.5 Å². The number of hydrogen-bond donors (Lipinski definition) is 6. The highest BCUT2D eigenvalue weighted by molar-refractivity contribution is 5.99. The molecule has 1 aromatic heterocycles. The molecule has 1 aromatic carbocycles. The second-order valence-electron chi connectivity index (χ2n) is 15.6. The van der Waals surface area contributed by atoms with E-state index in [4.69, 9.17) is 0 Å². The zero-order valence-electron chi connectivity index (χ0n) is 32.7. The number of nitrogens with one attached hydrogen (secondary N) is 6. The number of fused-ring (bicyclic) bond motifs is 2. The summed E-state index contributed by atoms with van der Waals surface area (Å²) in [7, 11) is 0. The van der Waals surface area contributed by atoms with E-state index in [0.717, 1.165) is 16.5 Å². The summed E-state index contributed by atoms with van der Waals surface area (Å²) < 4.78 is 0. The maximum atomic E-state index is 14.3. The van der Waals surface area contributed by atoms with Crippen LogP contribution < -0.4 is 26.6 Å². The average molecular weight is 736 g/mol. The lowest BCUT2D eigenvalue weighted by Crippen LogP contribution is -2.63. The summed E-state index contributed by atoms with van der Waals surface area (Å²) in [6.45, 7) is 15.5. The van der Waals surface area contributed by atoms with Gasteiger partial charge in [-0.15, -0.1) is 0 Å². The summed E-state index contributed by atoms with van der Waals surface area (Å²) in [5.74, 6) is -3.82. The van der Waals surface area contributed by atoms with Gasteiger partial charge in [0.15, 0.2) is 0 Å². The van der Waals surface area contributed by atoms with Gasteiger partial charge in [-0.1, -0.05) is 92.9 Å². The molecule has 0 bridgehead atoms. The maximum absolute atomic E-state index is 14.3. The Balaban J connectivity index is 1.80. The molecule has 2 aliphatic heterocycles. The number of H-pyrrole nitrogens is 1. The third-order valence-electron chi connectivity index (χ3n) is 11.3. The van der Waals surface area contributed by atoms with Crippen molar-refractivity contribution in [3.05, 3.63) is 36.0 Å². The second kappa shape index (κ2) is 18.6. The van der Waals surface area contributed by atoms with Crippen LogP contribution in [-0.4, -0.2) is 88.1 Å². The van der Waals surface area contributed by atoms with Gasteiger partial charge >= 0.3 is 0 Å². The van der Waals surface area contributed by atoms with Gasteiger partial charge in [0, 0.05) is 30.1 Å². The Hall–Kier alpha value is -4.42. The zero-order chi connectivity index (χ0) is 39.0. The molecule has 6 N–H and O–H groups in total.